The van der Waals surface area contributed by atoms with Gasteiger partial charge in [0.05, 0.1) is 0 Å². The van der Waals surface area contributed by atoms with Gasteiger partial charge in [-0.15, -0.1) is 5.10 Å². The number of hydrogen-bond acceptors (Lipinski definition) is 3. The van der Waals surface area contributed by atoms with Crippen LogP contribution in [0.2, 0.25) is 5.15 Å². The van der Waals surface area contributed by atoms with Crippen LogP contribution >= 0.6 is 23.4 Å². The summed E-state index contributed by atoms with van der Waals surface area (Å²) in [5.74, 6) is 2.19. The molecule has 3 nitrogen and oxygen atoms in total. The Balaban J connectivity index is 1.83. The van der Waals surface area contributed by atoms with Gasteiger partial charge >= 0.3 is 0 Å². The van der Waals surface area contributed by atoms with Gasteiger partial charge in [-0.1, -0.05) is 24.1 Å². The molecule has 0 saturated carbocycles. The van der Waals surface area contributed by atoms with E-state index < -0.39 is 0 Å². The van der Waals surface area contributed by atoms with Crippen molar-refractivity contribution in [2.45, 2.75) is 30.9 Å². The van der Waals surface area contributed by atoms with Gasteiger partial charge in [0.25, 0.3) is 0 Å². The third-order valence-corrected chi connectivity index (χ3v) is 4.73. The first-order valence-electron chi connectivity index (χ1n) is 5.95. The van der Waals surface area contributed by atoms with Gasteiger partial charge < -0.3 is 0 Å². The zero-order valence-electron chi connectivity index (χ0n) is 9.47. The van der Waals surface area contributed by atoms with E-state index in [-0.39, 0.29) is 0 Å². The van der Waals surface area contributed by atoms with Crippen LogP contribution in [0.15, 0.2) is 18.2 Å². The van der Waals surface area contributed by atoms with Crippen molar-refractivity contribution in [2.75, 3.05) is 5.75 Å². The molecule has 1 aliphatic heterocycles. The zero-order valence-corrected chi connectivity index (χ0v) is 11.0. The van der Waals surface area contributed by atoms with Gasteiger partial charge in [0.2, 0.25) is 0 Å². The van der Waals surface area contributed by atoms with Gasteiger partial charge in [-0.05, 0) is 30.7 Å². The number of nitrogens with zero attached hydrogens (tertiary/aromatic N) is 3. The van der Waals surface area contributed by atoms with Crippen LogP contribution in [0.3, 0.4) is 0 Å². The van der Waals surface area contributed by atoms with Gasteiger partial charge in [0.1, 0.15) is 5.15 Å². The summed E-state index contributed by atoms with van der Waals surface area (Å²) in [6.45, 7) is 0. The quantitative estimate of drug-likeness (QED) is 0.783. The Labute approximate surface area is 110 Å². The lowest BCUT2D eigenvalue weighted by atomic mass is 10.1. The molecule has 2 aromatic rings. The summed E-state index contributed by atoms with van der Waals surface area (Å²) in [6.07, 6.45) is 4.94. The van der Waals surface area contributed by atoms with Gasteiger partial charge in [0.15, 0.2) is 11.5 Å². The fourth-order valence-corrected chi connectivity index (χ4v) is 3.68. The van der Waals surface area contributed by atoms with Crippen molar-refractivity contribution in [1.29, 1.82) is 0 Å². The molecule has 1 atom stereocenters. The van der Waals surface area contributed by atoms with Crippen molar-refractivity contribution in [1.82, 2.24) is 14.6 Å². The molecular formula is C12H14ClN3S. The highest BCUT2D eigenvalue weighted by atomic mass is 35.5. The van der Waals surface area contributed by atoms with Crippen molar-refractivity contribution in [2.24, 2.45) is 0 Å². The Morgan fingerprint density at radius 3 is 3.12 bits per heavy atom. The van der Waals surface area contributed by atoms with Crippen LogP contribution in [-0.2, 0) is 6.42 Å². The lowest BCUT2D eigenvalue weighted by Crippen LogP contribution is -2.13. The standard InChI is InChI=1S/C12H14ClN3S/c13-10-5-3-6-12-14-11(15-16(10)12)8-9-4-1-2-7-17-9/h3,5-6,9H,1-2,4,7-8H2. The third kappa shape index (κ3) is 2.43. The topological polar surface area (TPSA) is 30.2 Å². The van der Waals surface area contributed by atoms with Crippen LogP contribution in [0, 0.1) is 0 Å². The molecule has 3 heterocycles. The summed E-state index contributed by atoms with van der Waals surface area (Å²) in [5, 5.41) is 5.77. The highest BCUT2D eigenvalue weighted by Crippen LogP contribution is 2.27. The fraction of sp³-hybridized carbons (Fsp3) is 0.500. The predicted octanol–water partition coefficient (Wildman–Crippen LogP) is 3.21. The Morgan fingerprint density at radius 2 is 2.35 bits per heavy atom. The summed E-state index contributed by atoms with van der Waals surface area (Å²) in [6, 6.07) is 5.68. The second-order valence-electron chi connectivity index (χ2n) is 4.34. The molecule has 90 valence electrons. The highest BCUT2D eigenvalue weighted by Gasteiger charge is 2.17. The van der Waals surface area contributed by atoms with E-state index in [1.54, 1.807) is 4.52 Å². The number of fused-ring (bicyclic) bond motifs is 1. The molecule has 1 fully saturated rings. The first-order chi connectivity index (χ1) is 8.33. The van der Waals surface area contributed by atoms with Crippen LogP contribution in [-0.4, -0.2) is 25.6 Å². The van der Waals surface area contributed by atoms with Crippen molar-refractivity contribution >= 4 is 29.0 Å². The second-order valence-corrected chi connectivity index (χ2v) is 6.13. The molecular weight excluding hydrogens is 254 g/mol. The van der Waals surface area contributed by atoms with E-state index in [4.69, 9.17) is 11.6 Å². The van der Waals surface area contributed by atoms with E-state index >= 15 is 0 Å². The van der Waals surface area contributed by atoms with Crippen molar-refractivity contribution in [3.63, 3.8) is 0 Å². The summed E-state index contributed by atoms with van der Waals surface area (Å²) in [5.41, 5.74) is 0.841. The van der Waals surface area contributed by atoms with Gasteiger partial charge in [0, 0.05) is 11.7 Å². The number of thioether (sulfide) groups is 1. The van der Waals surface area contributed by atoms with E-state index in [2.05, 4.69) is 10.1 Å². The third-order valence-electron chi connectivity index (χ3n) is 3.04. The lowest BCUT2D eigenvalue weighted by molar-refractivity contribution is 0.647. The van der Waals surface area contributed by atoms with Gasteiger partial charge in [-0.25, -0.2) is 9.50 Å². The first kappa shape index (κ1) is 11.4. The molecule has 5 heteroatoms. The summed E-state index contributed by atoms with van der Waals surface area (Å²) >= 11 is 8.12. The zero-order chi connectivity index (χ0) is 11.7. The molecule has 1 aliphatic rings. The Hall–Kier alpha value is -0.740. The van der Waals surface area contributed by atoms with E-state index in [1.807, 2.05) is 30.0 Å². The van der Waals surface area contributed by atoms with Crippen molar-refractivity contribution in [3.05, 3.63) is 29.2 Å². The predicted molar refractivity (Wildman–Crippen MR) is 71.8 cm³/mol. The fourth-order valence-electron chi connectivity index (χ4n) is 2.18. The maximum Gasteiger partial charge on any atom is 0.157 e. The smallest absolute Gasteiger partial charge is 0.157 e. The Bertz CT molecular complexity index is 519. The molecule has 0 bridgehead atoms. The SMILES string of the molecule is Clc1cccc2nc(CC3CCCCS3)nn12. The largest absolute Gasteiger partial charge is 0.212 e. The molecule has 0 radical (unpaired) electrons. The molecule has 0 N–H and O–H groups in total. The Morgan fingerprint density at radius 1 is 1.41 bits per heavy atom. The van der Waals surface area contributed by atoms with E-state index in [0.29, 0.717) is 10.4 Å². The minimum Gasteiger partial charge on any atom is -0.212 e. The number of halogens is 1. The molecule has 0 aliphatic carbocycles. The summed E-state index contributed by atoms with van der Waals surface area (Å²) < 4.78 is 1.71. The number of pyridine rings is 1. The number of hydrogen-bond donors (Lipinski definition) is 0. The number of aromatic nitrogens is 3. The summed E-state index contributed by atoms with van der Waals surface area (Å²) in [4.78, 5) is 4.52. The second kappa shape index (κ2) is 4.86. The minimum atomic E-state index is 0.623. The molecule has 0 aromatic carbocycles. The molecule has 0 amide bonds. The summed E-state index contributed by atoms with van der Waals surface area (Å²) in [7, 11) is 0. The van der Waals surface area contributed by atoms with Crippen LogP contribution in [0.5, 0.6) is 0 Å². The molecule has 0 spiro atoms. The molecule has 3 rings (SSSR count). The van der Waals surface area contributed by atoms with Crippen molar-refractivity contribution < 1.29 is 0 Å². The van der Waals surface area contributed by atoms with Crippen LogP contribution in [0.1, 0.15) is 25.1 Å². The van der Waals surface area contributed by atoms with E-state index in [0.717, 1.165) is 17.9 Å². The Kier molecular flexibility index (Phi) is 3.25. The maximum atomic E-state index is 6.07. The van der Waals surface area contributed by atoms with Crippen molar-refractivity contribution in [3.8, 4) is 0 Å². The normalized spacial score (nSPS) is 20.9. The van der Waals surface area contributed by atoms with Gasteiger partial charge in [-0.3, -0.25) is 0 Å². The van der Waals surface area contributed by atoms with Gasteiger partial charge in [-0.2, -0.15) is 11.8 Å². The van der Waals surface area contributed by atoms with Crippen LogP contribution < -0.4 is 0 Å². The molecule has 1 saturated heterocycles. The number of rotatable bonds is 2. The average Bonchev–Trinajstić information content (AvgIpc) is 2.74. The maximum absolute atomic E-state index is 6.07. The minimum absolute atomic E-state index is 0.623. The molecule has 2 aromatic heterocycles. The van der Waals surface area contributed by atoms with E-state index in [9.17, 15) is 0 Å². The average molecular weight is 268 g/mol. The van der Waals surface area contributed by atoms with Crippen LogP contribution in [0.4, 0.5) is 0 Å². The monoisotopic (exact) mass is 267 g/mol. The first-order valence-corrected chi connectivity index (χ1v) is 7.37. The van der Waals surface area contributed by atoms with E-state index in [1.165, 1.54) is 25.0 Å². The highest BCUT2D eigenvalue weighted by molar-refractivity contribution is 7.99. The van der Waals surface area contributed by atoms with Crippen LogP contribution in [0.25, 0.3) is 5.65 Å². The molecule has 1 unspecified atom stereocenters. The lowest BCUT2D eigenvalue weighted by Gasteiger charge is -2.19. The molecule has 17 heavy (non-hydrogen) atoms.